The number of amides is 2. The summed E-state index contributed by atoms with van der Waals surface area (Å²) in [7, 11) is 0. The molecular formula is C26H23BrN2O6. The van der Waals surface area contributed by atoms with E-state index in [2.05, 4.69) is 38.7 Å². The van der Waals surface area contributed by atoms with Crippen molar-refractivity contribution in [1.82, 2.24) is 5.32 Å². The van der Waals surface area contributed by atoms with E-state index < -0.39 is 30.1 Å². The topological polar surface area (TPSA) is 125 Å². The second kappa shape index (κ2) is 9.89. The zero-order valence-corrected chi connectivity index (χ0v) is 20.3. The molecule has 2 amide bonds. The summed E-state index contributed by atoms with van der Waals surface area (Å²) < 4.78 is 5.94. The van der Waals surface area contributed by atoms with Crippen LogP contribution in [0.3, 0.4) is 0 Å². The Kier molecular flexibility index (Phi) is 6.90. The van der Waals surface area contributed by atoms with Gasteiger partial charge < -0.3 is 20.3 Å². The summed E-state index contributed by atoms with van der Waals surface area (Å²) in [6.45, 7) is 0.596. The van der Waals surface area contributed by atoms with Crippen LogP contribution < -0.4 is 10.6 Å². The van der Waals surface area contributed by atoms with Crippen molar-refractivity contribution in [1.29, 1.82) is 0 Å². The lowest BCUT2D eigenvalue weighted by Gasteiger charge is -2.23. The fraction of sp³-hybridized carbons (Fsp3) is 0.192. The number of carbonyl (C=O) groups excluding carboxylic acids is 2. The van der Waals surface area contributed by atoms with Crippen molar-refractivity contribution in [2.75, 3.05) is 18.5 Å². The number of benzene rings is 3. The van der Waals surface area contributed by atoms with Gasteiger partial charge in [-0.3, -0.25) is 10.1 Å². The third-order valence-corrected chi connectivity index (χ3v) is 6.65. The van der Waals surface area contributed by atoms with Crippen molar-refractivity contribution in [3.63, 3.8) is 0 Å². The molecule has 4 N–H and O–H groups in total. The van der Waals surface area contributed by atoms with Crippen molar-refractivity contribution in [3.05, 3.63) is 87.9 Å². The molecule has 35 heavy (non-hydrogen) atoms. The van der Waals surface area contributed by atoms with Crippen LogP contribution >= 0.6 is 15.9 Å². The first-order valence-electron chi connectivity index (χ1n) is 10.8. The summed E-state index contributed by atoms with van der Waals surface area (Å²) in [5, 5.41) is 23.5. The smallest absolute Gasteiger partial charge is 0.411 e. The van der Waals surface area contributed by atoms with Gasteiger partial charge in [0.25, 0.3) is 5.91 Å². The minimum Gasteiger partial charge on any atom is -0.479 e. The van der Waals surface area contributed by atoms with E-state index in [0.717, 1.165) is 22.3 Å². The maximum atomic E-state index is 12.5. The molecular weight excluding hydrogens is 516 g/mol. The second-order valence-corrected chi connectivity index (χ2v) is 9.25. The van der Waals surface area contributed by atoms with Crippen LogP contribution in [0, 0.1) is 0 Å². The van der Waals surface area contributed by atoms with E-state index in [9.17, 15) is 24.6 Å². The molecule has 180 valence electrons. The van der Waals surface area contributed by atoms with Gasteiger partial charge in [0.2, 0.25) is 0 Å². The van der Waals surface area contributed by atoms with E-state index in [1.165, 1.54) is 25.1 Å². The number of aliphatic carboxylic acids is 1. The Morgan fingerprint density at radius 3 is 2.14 bits per heavy atom. The van der Waals surface area contributed by atoms with Crippen molar-refractivity contribution < 1.29 is 29.3 Å². The Balaban J connectivity index is 1.41. The average Bonchev–Trinajstić information content (AvgIpc) is 3.17. The zero-order chi connectivity index (χ0) is 25.2. The lowest BCUT2D eigenvalue weighted by atomic mass is 9.98. The molecule has 0 heterocycles. The molecule has 3 aromatic carbocycles. The first kappa shape index (κ1) is 24.4. The number of aliphatic hydroxyl groups excluding tert-OH is 1. The summed E-state index contributed by atoms with van der Waals surface area (Å²) >= 11 is 3.31. The zero-order valence-electron chi connectivity index (χ0n) is 18.7. The van der Waals surface area contributed by atoms with Gasteiger partial charge in [0.1, 0.15) is 6.61 Å². The minimum absolute atomic E-state index is 0.0715. The van der Waals surface area contributed by atoms with Gasteiger partial charge in [0.05, 0.1) is 12.3 Å². The highest BCUT2D eigenvalue weighted by Crippen LogP contribution is 2.44. The predicted molar refractivity (Wildman–Crippen MR) is 133 cm³/mol. The van der Waals surface area contributed by atoms with Gasteiger partial charge in [-0.15, -0.1) is 0 Å². The number of rotatable bonds is 7. The molecule has 1 aliphatic carbocycles. The van der Waals surface area contributed by atoms with Crippen LogP contribution in [0.4, 0.5) is 10.5 Å². The van der Waals surface area contributed by atoms with E-state index in [-0.39, 0.29) is 18.1 Å². The number of halogens is 1. The SMILES string of the molecule is CC(CO)(NC(=O)c1ccc(NC(=O)OCC2c3ccccc3-c3ccccc32)c(Br)c1)C(=O)O. The molecule has 0 saturated heterocycles. The highest BCUT2D eigenvalue weighted by atomic mass is 79.9. The molecule has 8 nitrogen and oxygen atoms in total. The molecule has 0 fully saturated rings. The Bertz CT molecular complexity index is 1270. The third kappa shape index (κ3) is 4.91. The molecule has 4 rings (SSSR count). The number of fused-ring (bicyclic) bond motifs is 3. The Morgan fingerprint density at radius 2 is 1.60 bits per heavy atom. The fourth-order valence-corrected chi connectivity index (χ4v) is 4.46. The molecule has 0 aromatic heterocycles. The number of ether oxygens (including phenoxy) is 1. The monoisotopic (exact) mass is 538 g/mol. The van der Waals surface area contributed by atoms with Crippen LogP contribution in [0.25, 0.3) is 11.1 Å². The van der Waals surface area contributed by atoms with E-state index >= 15 is 0 Å². The fourth-order valence-electron chi connectivity index (χ4n) is 3.99. The van der Waals surface area contributed by atoms with Crippen LogP contribution in [-0.4, -0.2) is 46.9 Å². The number of hydrogen-bond donors (Lipinski definition) is 4. The lowest BCUT2D eigenvalue weighted by Crippen LogP contribution is -2.54. The van der Waals surface area contributed by atoms with Crippen LogP contribution in [0.2, 0.25) is 0 Å². The summed E-state index contributed by atoms with van der Waals surface area (Å²) in [6, 6.07) is 20.5. The van der Waals surface area contributed by atoms with Gasteiger partial charge in [0.15, 0.2) is 5.54 Å². The van der Waals surface area contributed by atoms with Gasteiger partial charge >= 0.3 is 12.1 Å². The first-order valence-corrected chi connectivity index (χ1v) is 11.6. The average molecular weight is 539 g/mol. The maximum Gasteiger partial charge on any atom is 0.411 e. The normalized spacial score (nSPS) is 13.8. The van der Waals surface area contributed by atoms with Crippen LogP contribution in [0.5, 0.6) is 0 Å². The standard InChI is InChI=1S/C26H23BrN2O6/c1-26(14-30,24(32)33)29-23(31)15-10-11-22(21(27)12-15)28-25(34)35-13-20-18-8-4-2-6-16(18)17-7-3-5-9-19(17)20/h2-12,20,30H,13-14H2,1H3,(H,28,34)(H,29,31)(H,32,33). The molecule has 9 heteroatoms. The van der Waals surface area contributed by atoms with E-state index in [0.29, 0.717) is 10.2 Å². The van der Waals surface area contributed by atoms with E-state index in [4.69, 9.17) is 4.74 Å². The number of nitrogens with one attached hydrogen (secondary N) is 2. The van der Waals surface area contributed by atoms with Crippen molar-refractivity contribution in [3.8, 4) is 11.1 Å². The Labute approximate surface area is 210 Å². The lowest BCUT2D eigenvalue weighted by molar-refractivity contribution is -0.145. The molecule has 0 radical (unpaired) electrons. The number of carboxylic acids is 1. The minimum atomic E-state index is -1.82. The van der Waals surface area contributed by atoms with E-state index in [1.54, 1.807) is 0 Å². The molecule has 1 unspecified atom stereocenters. The molecule has 1 atom stereocenters. The largest absolute Gasteiger partial charge is 0.479 e. The number of anilines is 1. The highest BCUT2D eigenvalue weighted by molar-refractivity contribution is 9.10. The molecule has 1 aliphatic rings. The van der Waals surface area contributed by atoms with Gasteiger partial charge in [-0.2, -0.15) is 0 Å². The van der Waals surface area contributed by atoms with Crippen LogP contribution in [0.1, 0.15) is 34.3 Å². The molecule has 0 bridgehead atoms. The summed E-state index contributed by atoms with van der Waals surface area (Å²) in [5.41, 5.74) is 3.19. The Hall–Kier alpha value is -3.69. The maximum absolute atomic E-state index is 12.5. The van der Waals surface area contributed by atoms with Crippen molar-refractivity contribution in [2.45, 2.75) is 18.4 Å². The summed E-state index contributed by atoms with van der Waals surface area (Å²) in [4.78, 5) is 36.3. The molecule has 0 aliphatic heterocycles. The summed E-state index contributed by atoms with van der Waals surface area (Å²) in [5.74, 6) is -2.11. The van der Waals surface area contributed by atoms with Gasteiger partial charge in [-0.1, -0.05) is 48.5 Å². The van der Waals surface area contributed by atoms with Crippen LogP contribution in [-0.2, 0) is 9.53 Å². The quantitative estimate of drug-likeness (QED) is 0.354. The third-order valence-electron chi connectivity index (χ3n) is 5.99. The predicted octanol–water partition coefficient (Wildman–Crippen LogP) is 4.38. The Morgan fingerprint density at radius 1 is 1.00 bits per heavy atom. The second-order valence-electron chi connectivity index (χ2n) is 8.39. The summed E-state index contributed by atoms with van der Waals surface area (Å²) in [6.07, 6.45) is -0.650. The van der Waals surface area contributed by atoms with Gasteiger partial charge in [-0.25, -0.2) is 9.59 Å². The highest BCUT2D eigenvalue weighted by Gasteiger charge is 2.34. The van der Waals surface area contributed by atoms with E-state index in [1.807, 2.05) is 36.4 Å². The molecule has 0 spiro atoms. The number of hydrogen-bond acceptors (Lipinski definition) is 5. The van der Waals surface area contributed by atoms with Crippen molar-refractivity contribution >= 4 is 39.6 Å². The molecule has 0 saturated carbocycles. The first-order chi connectivity index (χ1) is 16.7. The molecule has 3 aromatic rings. The van der Waals surface area contributed by atoms with Gasteiger partial charge in [0, 0.05) is 16.0 Å². The van der Waals surface area contributed by atoms with Gasteiger partial charge in [-0.05, 0) is 63.3 Å². The number of aliphatic hydroxyl groups is 1. The number of carboxylic acid groups (broad SMARTS) is 1. The number of carbonyl (C=O) groups is 3. The van der Waals surface area contributed by atoms with Crippen molar-refractivity contribution in [2.24, 2.45) is 0 Å². The van der Waals surface area contributed by atoms with Crippen LogP contribution in [0.15, 0.2) is 71.2 Å².